The highest BCUT2D eigenvalue weighted by molar-refractivity contribution is 5.59. The van der Waals surface area contributed by atoms with Gasteiger partial charge in [-0.05, 0) is 50.8 Å². The predicted octanol–water partition coefficient (Wildman–Crippen LogP) is 3.22. The fraction of sp³-hybridized carbons (Fsp3) is 0.647. The zero-order valence-electron chi connectivity index (χ0n) is 12.2. The van der Waals surface area contributed by atoms with Crippen molar-refractivity contribution in [1.29, 1.82) is 0 Å². The summed E-state index contributed by atoms with van der Waals surface area (Å²) in [5, 5.41) is 3.45. The number of hydrogen-bond donors (Lipinski definition) is 1. The van der Waals surface area contributed by atoms with Crippen LogP contribution in [0.4, 0.5) is 5.69 Å². The van der Waals surface area contributed by atoms with E-state index in [0.29, 0.717) is 12.1 Å². The van der Waals surface area contributed by atoms with E-state index in [4.69, 9.17) is 0 Å². The molecule has 0 spiro atoms. The monoisotopic (exact) mass is 258 g/mol. The molecule has 19 heavy (non-hydrogen) atoms. The van der Waals surface area contributed by atoms with Gasteiger partial charge in [0.2, 0.25) is 0 Å². The molecule has 2 nitrogen and oxygen atoms in total. The molecule has 0 amide bonds. The van der Waals surface area contributed by atoms with Gasteiger partial charge in [0.25, 0.3) is 0 Å². The van der Waals surface area contributed by atoms with Crippen molar-refractivity contribution >= 4 is 5.69 Å². The van der Waals surface area contributed by atoms with Crippen LogP contribution >= 0.6 is 0 Å². The number of likely N-dealkylation sites (N-methyl/N-ethyl adjacent to an activating group) is 1. The molecule has 0 bridgehead atoms. The number of rotatable bonds is 4. The molecule has 1 N–H and O–H groups in total. The molecule has 1 fully saturated rings. The lowest BCUT2D eigenvalue weighted by atomic mass is 10.0. The number of benzene rings is 1. The van der Waals surface area contributed by atoms with Gasteiger partial charge in [-0.3, -0.25) is 0 Å². The second-order valence-electron chi connectivity index (χ2n) is 6.28. The normalized spacial score (nSPS) is 24.7. The third-order valence-corrected chi connectivity index (χ3v) is 5.09. The summed E-state index contributed by atoms with van der Waals surface area (Å²) in [5.41, 5.74) is 3.02. The molecule has 3 rings (SSSR count). The Balaban J connectivity index is 1.82. The average molecular weight is 258 g/mol. The maximum Gasteiger partial charge on any atom is 0.0481 e. The summed E-state index contributed by atoms with van der Waals surface area (Å²) < 4.78 is 0. The van der Waals surface area contributed by atoms with E-state index in [9.17, 15) is 0 Å². The summed E-state index contributed by atoms with van der Waals surface area (Å²) in [6, 6.07) is 10.2. The maximum atomic E-state index is 3.45. The topological polar surface area (TPSA) is 15.3 Å². The van der Waals surface area contributed by atoms with Crippen LogP contribution in [-0.2, 0) is 6.42 Å². The first-order valence-corrected chi connectivity index (χ1v) is 7.81. The lowest BCUT2D eigenvalue weighted by Crippen LogP contribution is -2.47. The second kappa shape index (κ2) is 5.54. The summed E-state index contributed by atoms with van der Waals surface area (Å²) in [6.45, 7) is 3.58. The third kappa shape index (κ3) is 2.51. The first kappa shape index (κ1) is 13.0. The Labute approximate surface area is 117 Å². The molecule has 2 atom stereocenters. The molecule has 1 aromatic carbocycles. The third-order valence-electron chi connectivity index (χ3n) is 5.09. The van der Waals surface area contributed by atoms with Crippen molar-refractivity contribution in [2.45, 2.75) is 51.1 Å². The van der Waals surface area contributed by atoms with Gasteiger partial charge in [-0.1, -0.05) is 31.0 Å². The fourth-order valence-electron chi connectivity index (χ4n) is 3.82. The predicted molar refractivity (Wildman–Crippen MR) is 81.8 cm³/mol. The van der Waals surface area contributed by atoms with Gasteiger partial charge in [0.15, 0.2) is 0 Å². The average Bonchev–Trinajstić information content (AvgIpc) is 3.07. The molecule has 104 valence electrons. The number of fused-ring (bicyclic) bond motifs is 1. The van der Waals surface area contributed by atoms with Crippen LogP contribution in [0.25, 0.3) is 0 Å². The van der Waals surface area contributed by atoms with Crippen LogP contribution in [0.1, 0.15) is 38.2 Å². The van der Waals surface area contributed by atoms with Crippen LogP contribution < -0.4 is 10.2 Å². The largest absolute Gasteiger partial charge is 0.366 e. The van der Waals surface area contributed by atoms with Gasteiger partial charge in [0, 0.05) is 24.3 Å². The summed E-state index contributed by atoms with van der Waals surface area (Å²) in [7, 11) is 2.08. The zero-order valence-corrected chi connectivity index (χ0v) is 12.2. The van der Waals surface area contributed by atoms with Crippen molar-refractivity contribution in [3.8, 4) is 0 Å². The maximum absolute atomic E-state index is 3.45. The van der Waals surface area contributed by atoms with E-state index in [0.717, 1.165) is 5.92 Å². The van der Waals surface area contributed by atoms with Crippen LogP contribution in [0.5, 0.6) is 0 Å². The molecule has 2 heteroatoms. The Bertz CT molecular complexity index is 423. The Kier molecular flexibility index (Phi) is 3.79. The molecule has 0 radical (unpaired) electrons. The molecular weight excluding hydrogens is 232 g/mol. The Morgan fingerprint density at radius 3 is 2.74 bits per heavy atom. The number of anilines is 1. The van der Waals surface area contributed by atoms with Gasteiger partial charge < -0.3 is 10.2 Å². The first-order valence-electron chi connectivity index (χ1n) is 7.81. The lowest BCUT2D eigenvalue weighted by molar-refractivity contribution is 0.434. The fourth-order valence-corrected chi connectivity index (χ4v) is 3.82. The minimum absolute atomic E-state index is 0.550. The summed E-state index contributed by atoms with van der Waals surface area (Å²) >= 11 is 0. The molecule has 0 saturated heterocycles. The van der Waals surface area contributed by atoms with Crippen molar-refractivity contribution in [2.75, 3.05) is 18.5 Å². The van der Waals surface area contributed by atoms with Crippen LogP contribution in [-0.4, -0.2) is 25.7 Å². The highest BCUT2D eigenvalue weighted by atomic mass is 15.2. The number of nitrogens with zero attached hydrogens (tertiary/aromatic N) is 1. The highest BCUT2D eigenvalue weighted by Crippen LogP contribution is 2.36. The zero-order chi connectivity index (χ0) is 13.2. The molecule has 0 aromatic heterocycles. The van der Waals surface area contributed by atoms with E-state index < -0.39 is 0 Å². The summed E-state index contributed by atoms with van der Waals surface area (Å²) in [6.07, 6.45) is 6.93. The summed E-state index contributed by atoms with van der Waals surface area (Å²) in [4.78, 5) is 2.69. The van der Waals surface area contributed by atoms with Crippen molar-refractivity contribution in [3.05, 3.63) is 29.8 Å². The van der Waals surface area contributed by atoms with Crippen molar-refractivity contribution in [2.24, 2.45) is 5.92 Å². The van der Waals surface area contributed by atoms with Crippen molar-refractivity contribution in [3.63, 3.8) is 0 Å². The molecule has 1 heterocycles. The van der Waals surface area contributed by atoms with Crippen molar-refractivity contribution in [1.82, 2.24) is 5.32 Å². The Hall–Kier alpha value is -1.02. The SMILES string of the molecule is CNC(C)C1Cc2ccccc2N1CC1CCCC1. The molecule has 2 unspecified atom stereocenters. The van der Waals surface area contributed by atoms with E-state index in [-0.39, 0.29) is 0 Å². The summed E-state index contributed by atoms with van der Waals surface area (Å²) in [5.74, 6) is 0.915. The van der Waals surface area contributed by atoms with E-state index >= 15 is 0 Å². The molecule has 1 aromatic rings. The standard InChI is InChI=1S/C17H26N2/c1-13(18-2)17-11-15-9-5-6-10-16(15)19(17)12-14-7-3-4-8-14/h5-6,9-10,13-14,17-18H,3-4,7-8,11-12H2,1-2H3. The van der Waals surface area contributed by atoms with E-state index in [1.165, 1.54) is 49.9 Å². The smallest absolute Gasteiger partial charge is 0.0481 e. The molecule has 1 aliphatic carbocycles. The van der Waals surface area contributed by atoms with Crippen LogP contribution in [0.3, 0.4) is 0 Å². The lowest BCUT2D eigenvalue weighted by Gasteiger charge is -2.33. The van der Waals surface area contributed by atoms with Crippen molar-refractivity contribution < 1.29 is 0 Å². The first-order chi connectivity index (χ1) is 9.29. The van der Waals surface area contributed by atoms with Gasteiger partial charge in [0.05, 0.1) is 0 Å². The van der Waals surface area contributed by atoms with Crippen LogP contribution in [0.2, 0.25) is 0 Å². The van der Waals surface area contributed by atoms with E-state index in [2.05, 4.69) is 48.5 Å². The van der Waals surface area contributed by atoms with E-state index in [1.807, 2.05) is 0 Å². The molecule has 1 saturated carbocycles. The minimum atomic E-state index is 0.550. The number of para-hydroxylation sites is 1. The molecule has 2 aliphatic rings. The van der Waals surface area contributed by atoms with Gasteiger partial charge >= 0.3 is 0 Å². The number of nitrogens with one attached hydrogen (secondary N) is 1. The van der Waals surface area contributed by atoms with Crippen LogP contribution in [0, 0.1) is 5.92 Å². The quantitative estimate of drug-likeness (QED) is 0.892. The molecule has 1 aliphatic heterocycles. The van der Waals surface area contributed by atoms with Crippen LogP contribution in [0.15, 0.2) is 24.3 Å². The van der Waals surface area contributed by atoms with Gasteiger partial charge in [-0.2, -0.15) is 0 Å². The minimum Gasteiger partial charge on any atom is -0.366 e. The Morgan fingerprint density at radius 2 is 2.00 bits per heavy atom. The Morgan fingerprint density at radius 1 is 1.26 bits per heavy atom. The van der Waals surface area contributed by atoms with E-state index in [1.54, 1.807) is 0 Å². The van der Waals surface area contributed by atoms with Gasteiger partial charge in [-0.25, -0.2) is 0 Å². The number of hydrogen-bond acceptors (Lipinski definition) is 2. The van der Waals surface area contributed by atoms with Gasteiger partial charge in [0.1, 0.15) is 0 Å². The van der Waals surface area contributed by atoms with Gasteiger partial charge in [-0.15, -0.1) is 0 Å². The highest BCUT2D eigenvalue weighted by Gasteiger charge is 2.33. The molecular formula is C17H26N2. The second-order valence-corrected chi connectivity index (χ2v) is 6.28.